The fraction of sp³-hybridized carbons (Fsp3) is 0.286. The van der Waals surface area contributed by atoms with Crippen molar-refractivity contribution in [2.45, 2.75) is 31.7 Å². The van der Waals surface area contributed by atoms with Gasteiger partial charge in [0.2, 0.25) is 0 Å². The maximum atomic E-state index is 11.8. The van der Waals surface area contributed by atoms with Crippen LogP contribution < -0.4 is 4.74 Å². The number of hydrogen-bond donors (Lipinski definition) is 1. The van der Waals surface area contributed by atoms with E-state index in [1.54, 1.807) is 7.11 Å². The number of methoxy groups -OCH3 is 1. The molecular formula is C28H28N2O4. The molecule has 1 N–H and O–H groups in total. The molecule has 4 aromatic rings. The third kappa shape index (κ3) is 4.97. The molecule has 1 aliphatic rings. The normalized spacial score (nSPS) is 13.3. The molecule has 34 heavy (non-hydrogen) atoms. The van der Waals surface area contributed by atoms with Gasteiger partial charge in [0, 0.05) is 38.0 Å². The van der Waals surface area contributed by atoms with Gasteiger partial charge >= 0.3 is 5.97 Å². The monoisotopic (exact) mass is 456 g/mol. The molecule has 0 spiro atoms. The molecule has 0 saturated heterocycles. The average molecular weight is 457 g/mol. The third-order valence-electron chi connectivity index (χ3n) is 6.29. The fourth-order valence-electron chi connectivity index (χ4n) is 4.34. The van der Waals surface area contributed by atoms with Crippen molar-refractivity contribution in [1.29, 1.82) is 0 Å². The van der Waals surface area contributed by atoms with Crippen LogP contribution in [-0.2, 0) is 17.7 Å². The third-order valence-corrected chi connectivity index (χ3v) is 6.29. The van der Waals surface area contributed by atoms with Crippen molar-refractivity contribution >= 4 is 16.9 Å². The number of rotatable bonds is 10. The van der Waals surface area contributed by atoms with E-state index in [1.807, 2.05) is 24.4 Å². The summed E-state index contributed by atoms with van der Waals surface area (Å²) < 4.78 is 13.0. The highest BCUT2D eigenvalue weighted by molar-refractivity contribution is 5.89. The van der Waals surface area contributed by atoms with Gasteiger partial charge in [-0.15, -0.1) is 0 Å². The number of carboxylic acid groups (broad SMARTS) is 1. The first kappa shape index (κ1) is 22.2. The number of carbonyl (C=O) groups is 1. The van der Waals surface area contributed by atoms with Crippen LogP contribution in [-0.4, -0.2) is 41.0 Å². The molecular weight excluding hydrogens is 428 g/mol. The molecule has 0 unspecified atom stereocenters. The molecule has 1 fully saturated rings. The number of ether oxygens (including phenoxy) is 2. The summed E-state index contributed by atoms with van der Waals surface area (Å²) in [6.07, 6.45) is 6.67. The van der Waals surface area contributed by atoms with Gasteiger partial charge in [-0.25, -0.2) is 4.79 Å². The van der Waals surface area contributed by atoms with Gasteiger partial charge in [-0.3, -0.25) is 4.98 Å². The van der Waals surface area contributed by atoms with Gasteiger partial charge in [-0.2, -0.15) is 0 Å². The summed E-state index contributed by atoms with van der Waals surface area (Å²) in [4.78, 5) is 16.4. The molecule has 174 valence electrons. The summed E-state index contributed by atoms with van der Waals surface area (Å²) in [6.45, 7) is 1.82. The van der Waals surface area contributed by atoms with Crippen molar-refractivity contribution in [2.75, 3.05) is 20.3 Å². The molecule has 6 heteroatoms. The largest absolute Gasteiger partial charge is 0.491 e. The van der Waals surface area contributed by atoms with E-state index in [2.05, 4.69) is 52.1 Å². The minimum absolute atomic E-state index is 0.315. The topological polar surface area (TPSA) is 73.6 Å². The molecule has 0 radical (unpaired) electrons. The van der Waals surface area contributed by atoms with E-state index in [9.17, 15) is 9.90 Å². The van der Waals surface area contributed by atoms with E-state index >= 15 is 0 Å². The van der Waals surface area contributed by atoms with Crippen LogP contribution in [0.5, 0.6) is 5.75 Å². The molecule has 1 saturated carbocycles. The minimum Gasteiger partial charge on any atom is -0.491 e. The molecule has 5 rings (SSSR count). The second-order valence-electron chi connectivity index (χ2n) is 8.84. The fourth-order valence-corrected chi connectivity index (χ4v) is 4.34. The Kier molecular flexibility index (Phi) is 6.32. The van der Waals surface area contributed by atoms with Crippen molar-refractivity contribution < 1.29 is 19.4 Å². The first-order valence-electron chi connectivity index (χ1n) is 11.6. The zero-order valence-electron chi connectivity index (χ0n) is 19.2. The van der Waals surface area contributed by atoms with Gasteiger partial charge in [0.1, 0.15) is 12.4 Å². The van der Waals surface area contributed by atoms with Crippen LogP contribution in [0.1, 0.15) is 51.5 Å². The Bertz CT molecular complexity index is 1320. The predicted molar refractivity (Wildman–Crippen MR) is 131 cm³/mol. The Morgan fingerprint density at radius 1 is 1.09 bits per heavy atom. The first-order valence-corrected chi connectivity index (χ1v) is 11.6. The van der Waals surface area contributed by atoms with Gasteiger partial charge in [0.15, 0.2) is 0 Å². The Balaban J connectivity index is 1.33. The first-order chi connectivity index (χ1) is 16.6. The summed E-state index contributed by atoms with van der Waals surface area (Å²) in [6, 6.07) is 18.3. The predicted octanol–water partition coefficient (Wildman–Crippen LogP) is 5.28. The maximum Gasteiger partial charge on any atom is 0.337 e. The summed E-state index contributed by atoms with van der Waals surface area (Å²) in [5.74, 6) is 0.404. The van der Waals surface area contributed by atoms with Crippen molar-refractivity contribution in [3.63, 3.8) is 0 Å². The van der Waals surface area contributed by atoms with Crippen molar-refractivity contribution in [3.8, 4) is 5.75 Å². The van der Waals surface area contributed by atoms with Crippen molar-refractivity contribution in [3.05, 3.63) is 94.9 Å². The minimum atomic E-state index is -0.911. The summed E-state index contributed by atoms with van der Waals surface area (Å²) >= 11 is 0. The highest BCUT2D eigenvalue weighted by Gasteiger charge is 2.25. The Hall–Kier alpha value is -3.64. The van der Waals surface area contributed by atoms with E-state index in [0.29, 0.717) is 36.8 Å². The van der Waals surface area contributed by atoms with Gasteiger partial charge in [0.05, 0.1) is 17.9 Å². The number of benzene rings is 2. The Morgan fingerprint density at radius 2 is 1.97 bits per heavy atom. The lowest BCUT2D eigenvalue weighted by molar-refractivity contribution is 0.0695. The number of aromatic nitrogens is 2. The highest BCUT2D eigenvalue weighted by atomic mass is 16.5. The second kappa shape index (κ2) is 9.69. The van der Waals surface area contributed by atoms with Crippen molar-refractivity contribution in [1.82, 2.24) is 9.55 Å². The molecule has 1 aliphatic carbocycles. The second-order valence-corrected chi connectivity index (χ2v) is 8.84. The zero-order valence-corrected chi connectivity index (χ0v) is 19.2. The van der Waals surface area contributed by atoms with Crippen molar-refractivity contribution in [2.24, 2.45) is 0 Å². The number of fused-ring (bicyclic) bond motifs is 1. The molecule has 0 aliphatic heterocycles. The highest BCUT2D eigenvalue weighted by Crippen LogP contribution is 2.40. The number of aromatic carboxylic acids is 1. The zero-order chi connectivity index (χ0) is 23.5. The molecule has 0 amide bonds. The van der Waals surface area contributed by atoms with Crippen LogP contribution >= 0.6 is 0 Å². The van der Waals surface area contributed by atoms with Gasteiger partial charge in [-0.1, -0.05) is 18.2 Å². The smallest absolute Gasteiger partial charge is 0.337 e. The standard InChI is InChI=1S/C28H28N2O4/c1-33-11-12-34-24-4-2-3-20(14-24)18-30-10-9-22-13-19(5-8-27(22)30)15-26-25(28(31)32)16-23(17-29-26)21-6-7-21/h2-5,8-10,13-14,16-17,21H,6-7,11-12,15,18H2,1H3,(H,31,32). The summed E-state index contributed by atoms with van der Waals surface area (Å²) in [5.41, 5.74) is 5.30. The lowest BCUT2D eigenvalue weighted by Crippen LogP contribution is -2.07. The molecule has 6 nitrogen and oxygen atoms in total. The average Bonchev–Trinajstić information content (AvgIpc) is 3.62. The number of nitrogens with zero attached hydrogens (tertiary/aromatic N) is 2. The summed E-state index contributed by atoms with van der Waals surface area (Å²) in [5, 5.41) is 10.8. The Labute approximate surface area is 198 Å². The van der Waals surface area contributed by atoms with Gasteiger partial charge in [-0.05, 0) is 77.2 Å². The lowest BCUT2D eigenvalue weighted by Gasteiger charge is -2.10. The van der Waals surface area contributed by atoms with E-state index in [4.69, 9.17) is 9.47 Å². The van der Waals surface area contributed by atoms with E-state index in [-0.39, 0.29) is 0 Å². The van der Waals surface area contributed by atoms with Gasteiger partial charge < -0.3 is 19.1 Å². The Morgan fingerprint density at radius 3 is 2.76 bits per heavy atom. The van der Waals surface area contributed by atoms with Crippen LogP contribution in [0.25, 0.3) is 10.9 Å². The lowest BCUT2D eigenvalue weighted by atomic mass is 10.0. The van der Waals surface area contributed by atoms with E-state index in [1.165, 1.54) is 0 Å². The van der Waals surface area contributed by atoms with Crippen LogP contribution in [0.4, 0.5) is 0 Å². The van der Waals surface area contributed by atoms with E-state index < -0.39 is 5.97 Å². The van der Waals surface area contributed by atoms with Crippen LogP contribution in [0, 0.1) is 0 Å². The quantitative estimate of drug-likeness (QED) is 0.329. The molecule has 0 bridgehead atoms. The number of pyridine rings is 1. The maximum absolute atomic E-state index is 11.8. The van der Waals surface area contributed by atoms with Crippen LogP contribution in [0.3, 0.4) is 0 Å². The van der Waals surface area contributed by atoms with Gasteiger partial charge in [0.25, 0.3) is 0 Å². The molecule has 0 atom stereocenters. The molecule has 2 aromatic heterocycles. The number of hydrogen-bond acceptors (Lipinski definition) is 4. The summed E-state index contributed by atoms with van der Waals surface area (Å²) in [7, 11) is 1.66. The van der Waals surface area contributed by atoms with E-state index in [0.717, 1.165) is 52.7 Å². The van der Waals surface area contributed by atoms with Crippen LogP contribution in [0.15, 0.2) is 67.0 Å². The van der Waals surface area contributed by atoms with Crippen LogP contribution in [0.2, 0.25) is 0 Å². The number of carboxylic acids is 1. The molecule has 2 aromatic carbocycles. The SMILES string of the molecule is COCCOc1cccc(Cn2ccc3cc(Cc4ncc(C5CC5)cc4C(=O)O)ccc32)c1. The molecule has 2 heterocycles.